The monoisotopic (exact) mass is 277 g/mol. The highest BCUT2D eigenvalue weighted by atomic mass is 19.1. The lowest BCUT2D eigenvalue weighted by atomic mass is 9.90. The quantitative estimate of drug-likeness (QED) is 0.920. The van der Waals surface area contributed by atoms with E-state index in [0.717, 1.165) is 44.6 Å². The first kappa shape index (κ1) is 13.3. The average Bonchev–Trinajstić information content (AvgIpc) is 2.44. The lowest BCUT2D eigenvalue weighted by molar-refractivity contribution is -0.126. The minimum atomic E-state index is -0.316. The summed E-state index contributed by atoms with van der Waals surface area (Å²) in [7, 11) is 0. The Labute approximate surface area is 118 Å². The Balaban J connectivity index is 1.51. The van der Waals surface area contributed by atoms with E-state index in [1.54, 1.807) is 6.07 Å². The number of amides is 1. The number of piperidine rings is 1. The van der Waals surface area contributed by atoms with E-state index in [1.807, 2.05) is 0 Å². The first-order chi connectivity index (χ1) is 9.72. The Kier molecular flexibility index (Phi) is 3.85. The Morgan fingerprint density at radius 2 is 2.00 bits per heavy atom. The number of pyridine rings is 1. The molecule has 2 aliphatic rings. The maximum absolute atomic E-state index is 12.8. The zero-order valence-electron chi connectivity index (χ0n) is 11.5. The molecule has 5 heteroatoms. The molecule has 20 heavy (non-hydrogen) atoms. The van der Waals surface area contributed by atoms with Crippen molar-refractivity contribution in [3.05, 3.63) is 24.1 Å². The van der Waals surface area contributed by atoms with Gasteiger partial charge in [-0.25, -0.2) is 9.37 Å². The van der Waals surface area contributed by atoms with Gasteiger partial charge in [0, 0.05) is 25.0 Å². The highest BCUT2D eigenvalue weighted by molar-refractivity contribution is 5.79. The summed E-state index contributed by atoms with van der Waals surface area (Å²) >= 11 is 0. The van der Waals surface area contributed by atoms with E-state index in [1.165, 1.54) is 18.7 Å². The minimum Gasteiger partial charge on any atom is -0.357 e. The van der Waals surface area contributed by atoms with Crippen LogP contribution in [0.1, 0.15) is 32.1 Å². The summed E-state index contributed by atoms with van der Waals surface area (Å²) in [5, 5.41) is 3.13. The van der Waals surface area contributed by atoms with E-state index < -0.39 is 0 Å². The maximum Gasteiger partial charge on any atom is 0.223 e. The van der Waals surface area contributed by atoms with Gasteiger partial charge in [-0.05, 0) is 44.2 Å². The van der Waals surface area contributed by atoms with Gasteiger partial charge in [-0.15, -0.1) is 0 Å². The second-order valence-electron chi connectivity index (χ2n) is 5.73. The molecular weight excluding hydrogens is 257 g/mol. The van der Waals surface area contributed by atoms with Crippen molar-refractivity contribution in [1.82, 2.24) is 10.3 Å². The number of rotatable bonds is 3. The number of carbonyl (C=O) groups is 1. The van der Waals surface area contributed by atoms with Crippen LogP contribution in [0.5, 0.6) is 0 Å². The molecule has 1 saturated carbocycles. The number of halogens is 1. The van der Waals surface area contributed by atoms with Crippen LogP contribution in [0.2, 0.25) is 0 Å². The molecule has 1 aromatic rings. The van der Waals surface area contributed by atoms with Gasteiger partial charge < -0.3 is 10.2 Å². The van der Waals surface area contributed by atoms with Crippen LogP contribution in [0.15, 0.2) is 18.3 Å². The summed E-state index contributed by atoms with van der Waals surface area (Å²) in [6.45, 7) is 1.61. The van der Waals surface area contributed by atoms with Crippen molar-refractivity contribution in [3.63, 3.8) is 0 Å². The molecule has 1 aromatic heterocycles. The lowest BCUT2D eigenvalue weighted by Crippen LogP contribution is -2.46. The molecule has 0 unspecified atom stereocenters. The summed E-state index contributed by atoms with van der Waals surface area (Å²) in [6.07, 6.45) is 6.42. The van der Waals surface area contributed by atoms with Crippen LogP contribution >= 0.6 is 0 Å². The highest BCUT2D eigenvalue weighted by Gasteiger charge is 2.28. The molecule has 4 nitrogen and oxygen atoms in total. The number of anilines is 1. The summed E-state index contributed by atoms with van der Waals surface area (Å²) in [4.78, 5) is 18.3. The summed E-state index contributed by atoms with van der Waals surface area (Å²) < 4.78 is 12.8. The van der Waals surface area contributed by atoms with Gasteiger partial charge in [-0.1, -0.05) is 0 Å². The number of nitrogens with one attached hydrogen (secondary N) is 1. The SMILES string of the molecule is O=C(NC1CCC1)C1CCN(c2ccc(F)cn2)CC1. The van der Waals surface area contributed by atoms with E-state index in [9.17, 15) is 9.18 Å². The fourth-order valence-corrected chi connectivity index (χ4v) is 2.80. The fraction of sp³-hybridized carbons (Fsp3) is 0.600. The molecule has 1 saturated heterocycles. The van der Waals surface area contributed by atoms with Crippen LogP contribution < -0.4 is 10.2 Å². The number of nitrogens with zero attached hydrogens (tertiary/aromatic N) is 2. The zero-order valence-corrected chi connectivity index (χ0v) is 11.5. The largest absolute Gasteiger partial charge is 0.357 e. The van der Waals surface area contributed by atoms with E-state index in [4.69, 9.17) is 0 Å². The highest BCUT2D eigenvalue weighted by Crippen LogP contribution is 2.24. The normalized spacial score (nSPS) is 20.6. The summed E-state index contributed by atoms with van der Waals surface area (Å²) in [5.41, 5.74) is 0. The lowest BCUT2D eigenvalue weighted by Gasteiger charge is -2.34. The Morgan fingerprint density at radius 1 is 1.25 bits per heavy atom. The predicted molar refractivity (Wildman–Crippen MR) is 74.9 cm³/mol. The van der Waals surface area contributed by atoms with Gasteiger partial charge in [0.05, 0.1) is 6.20 Å². The molecule has 3 rings (SSSR count). The van der Waals surface area contributed by atoms with Crippen LogP contribution in [0.25, 0.3) is 0 Å². The number of hydrogen-bond acceptors (Lipinski definition) is 3. The van der Waals surface area contributed by atoms with Gasteiger partial charge in [0.2, 0.25) is 5.91 Å². The molecule has 0 radical (unpaired) electrons. The molecule has 0 atom stereocenters. The fourth-order valence-electron chi connectivity index (χ4n) is 2.80. The van der Waals surface area contributed by atoms with Crippen LogP contribution in [0, 0.1) is 11.7 Å². The molecule has 1 aliphatic carbocycles. The van der Waals surface area contributed by atoms with Crippen LogP contribution in [-0.4, -0.2) is 30.0 Å². The Hall–Kier alpha value is -1.65. The Morgan fingerprint density at radius 3 is 2.55 bits per heavy atom. The summed E-state index contributed by atoms with van der Waals surface area (Å²) in [5.74, 6) is 0.807. The molecule has 0 aromatic carbocycles. The molecule has 0 bridgehead atoms. The molecule has 1 N–H and O–H groups in total. The van der Waals surface area contributed by atoms with Crippen LogP contribution in [-0.2, 0) is 4.79 Å². The van der Waals surface area contributed by atoms with Crippen molar-refractivity contribution in [2.24, 2.45) is 5.92 Å². The second kappa shape index (κ2) is 5.77. The first-order valence-electron chi connectivity index (χ1n) is 7.39. The number of hydrogen-bond donors (Lipinski definition) is 1. The van der Waals surface area contributed by atoms with Gasteiger partial charge in [-0.3, -0.25) is 4.79 Å². The van der Waals surface area contributed by atoms with Crippen molar-refractivity contribution in [1.29, 1.82) is 0 Å². The van der Waals surface area contributed by atoms with E-state index in [0.29, 0.717) is 6.04 Å². The molecular formula is C15H20FN3O. The van der Waals surface area contributed by atoms with Crippen LogP contribution in [0.4, 0.5) is 10.2 Å². The first-order valence-corrected chi connectivity index (χ1v) is 7.39. The molecule has 0 spiro atoms. The van der Waals surface area contributed by atoms with Crippen molar-refractivity contribution in [3.8, 4) is 0 Å². The third-order valence-corrected chi connectivity index (χ3v) is 4.35. The second-order valence-corrected chi connectivity index (χ2v) is 5.73. The number of aromatic nitrogens is 1. The third-order valence-electron chi connectivity index (χ3n) is 4.35. The Bertz CT molecular complexity index is 465. The maximum atomic E-state index is 12.8. The minimum absolute atomic E-state index is 0.118. The van der Waals surface area contributed by atoms with Crippen molar-refractivity contribution >= 4 is 11.7 Å². The van der Waals surface area contributed by atoms with Crippen molar-refractivity contribution < 1.29 is 9.18 Å². The van der Waals surface area contributed by atoms with Gasteiger partial charge >= 0.3 is 0 Å². The van der Waals surface area contributed by atoms with Gasteiger partial charge in [0.1, 0.15) is 11.6 Å². The molecule has 2 heterocycles. The standard InChI is InChI=1S/C15H20FN3O/c16-12-4-5-14(17-10-12)19-8-6-11(7-9-19)15(20)18-13-2-1-3-13/h4-5,10-11,13H,1-3,6-9H2,(H,18,20). The van der Waals surface area contributed by atoms with Crippen molar-refractivity contribution in [2.45, 2.75) is 38.1 Å². The van der Waals surface area contributed by atoms with E-state index in [-0.39, 0.29) is 17.6 Å². The zero-order chi connectivity index (χ0) is 13.9. The van der Waals surface area contributed by atoms with Crippen LogP contribution in [0.3, 0.4) is 0 Å². The third kappa shape index (κ3) is 2.92. The molecule has 108 valence electrons. The molecule has 2 fully saturated rings. The van der Waals surface area contributed by atoms with Gasteiger partial charge in [-0.2, -0.15) is 0 Å². The molecule has 1 aliphatic heterocycles. The van der Waals surface area contributed by atoms with E-state index >= 15 is 0 Å². The van der Waals surface area contributed by atoms with Crippen molar-refractivity contribution in [2.75, 3.05) is 18.0 Å². The average molecular weight is 277 g/mol. The van der Waals surface area contributed by atoms with Gasteiger partial charge in [0.25, 0.3) is 0 Å². The molecule has 1 amide bonds. The van der Waals surface area contributed by atoms with E-state index in [2.05, 4.69) is 15.2 Å². The van der Waals surface area contributed by atoms with Gasteiger partial charge in [0.15, 0.2) is 0 Å². The predicted octanol–water partition coefficient (Wildman–Crippen LogP) is 2.11. The smallest absolute Gasteiger partial charge is 0.223 e. The number of carbonyl (C=O) groups excluding carboxylic acids is 1. The summed E-state index contributed by atoms with van der Waals surface area (Å²) in [6, 6.07) is 3.54. The topological polar surface area (TPSA) is 45.2 Å².